The average molecular weight is 246 g/mol. The molecule has 0 aromatic heterocycles. The van der Waals surface area contributed by atoms with E-state index in [4.69, 9.17) is 5.73 Å². The molecule has 1 rings (SSSR count). The van der Waals surface area contributed by atoms with Crippen LogP contribution in [0.4, 0.5) is 13.2 Å². The van der Waals surface area contributed by atoms with Gasteiger partial charge in [0.05, 0.1) is 6.54 Å². The maximum absolute atomic E-state index is 13.4. The molecule has 0 saturated heterocycles. The smallest absolute Gasteiger partial charge is 0.251 e. The third-order valence-corrected chi connectivity index (χ3v) is 2.58. The lowest BCUT2D eigenvalue weighted by atomic mass is 10.0. The predicted octanol–water partition coefficient (Wildman–Crippen LogP) is 2.41. The van der Waals surface area contributed by atoms with Crippen LogP contribution in [0, 0.1) is 5.82 Å². The summed E-state index contributed by atoms with van der Waals surface area (Å²) in [6, 6.07) is 5.80. The van der Waals surface area contributed by atoms with Gasteiger partial charge in [-0.25, -0.2) is 13.2 Å². The Morgan fingerprint density at radius 2 is 1.94 bits per heavy atom. The number of rotatable bonds is 6. The second-order valence-corrected chi connectivity index (χ2v) is 4.07. The Kier molecular flexibility index (Phi) is 5.44. The van der Waals surface area contributed by atoms with Gasteiger partial charge in [0.25, 0.3) is 6.43 Å². The average Bonchev–Trinajstić information content (AvgIpc) is 2.25. The maximum atomic E-state index is 13.4. The first-order chi connectivity index (χ1) is 8.00. The SMILES string of the molecule is CN(CCC(N)c1ccccc1F)CC(F)F. The standard InChI is InChI=1S/C12H17F3N2/c1-17(8-12(14)15)7-6-11(16)9-4-2-3-5-10(9)13/h2-5,11-12H,6-8,16H2,1H3. The van der Waals surface area contributed by atoms with Crippen LogP contribution in [-0.2, 0) is 0 Å². The van der Waals surface area contributed by atoms with Crippen LogP contribution in [0.5, 0.6) is 0 Å². The highest BCUT2D eigenvalue weighted by Gasteiger charge is 2.13. The van der Waals surface area contributed by atoms with Crippen LogP contribution in [0.3, 0.4) is 0 Å². The molecule has 1 aromatic rings. The van der Waals surface area contributed by atoms with Crippen LogP contribution < -0.4 is 5.73 Å². The molecule has 2 nitrogen and oxygen atoms in total. The molecule has 0 bridgehead atoms. The fraction of sp³-hybridized carbons (Fsp3) is 0.500. The van der Waals surface area contributed by atoms with Crippen LogP contribution in [0.1, 0.15) is 18.0 Å². The molecular weight excluding hydrogens is 229 g/mol. The molecule has 0 aliphatic carbocycles. The van der Waals surface area contributed by atoms with Crippen LogP contribution in [-0.4, -0.2) is 31.5 Å². The van der Waals surface area contributed by atoms with Gasteiger partial charge in [0.2, 0.25) is 0 Å². The van der Waals surface area contributed by atoms with Crippen LogP contribution in [0.2, 0.25) is 0 Å². The number of nitrogens with zero attached hydrogens (tertiary/aromatic N) is 1. The van der Waals surface area contributed by atoms with Gasteiger partial charge in [-0.05, 0) is 26.1 Å². The van der Waals surface area contributed by atoms with Gasteiger partial charge in [-0.3, -0.25) is 0 Å². The van der Waals surface area contributed by atoms with Crippen LogP contribution in [0.25, 0.3) is 0 Å². The second kappa shape index (κ2) is 6.61. The summed E-state index contributed by atoms with van der Waals surface area (Å²) in [7, 11) is 1.60. The molecule has 96 valence electrons. The zero-order valence-corrected chi connectivity index (χ0v) is 9.74. The lowest BCUT2D eigenvalue weighted by Crippen LogP contribution is -2.28. The van der Waals surface area contributed by atoms with Crippen LogP contribution >= 0.6 is 0 Å². The Morgan fingerprint density at radius 3 is 2.53 bits per heavy atom. The zero-order valence-electron chi connectivity index (χ0n) is 9.74. The minimum Gasteiger partial charge on any atom is -0.324 e. The molecule has 1 unspecified atom stereocenters. The van der Waals surface area contributed by atoms with Crippen LogP contribution in [0.15, 0.2) is 24.3 Å². The van der Waals surface area contributed by atoms with Crippen molar-refractivity contribution in [2.75, 3.05) is 20.1 Å². The van der Waals surface area contributed by atoms with Crippen molar-refractivity contribution in [3.8, 4) is 0 Å². The third-order valence-electron chi connectivity index (χ3n) is 2.58. The molecule has 0 amide bonds. The molecule has 5 heteroatoms. The molecule has 0 spiro atoms. The first-order valence-electron chi connectivity index (χ1n) is 5.47. The topological polar surface area (TPSA) is 29.3 Å². The fourth-order valence-corrected chi connectivity index (χ4v) is 1.62. The molecule has 0 saturated carbocycles. The van der Waals surface area contributed by atoms with Gasteiger partial charge in [0, 0.05) is 11.6 Å². The quantitative estimate of drug-likeness (QED) is 0.835. The summed E-state index contributed by atoms with van der Waals surface area (Å²) in [6.07, 6.45) is -1.91. The highest BCUT2D eigenvalue weighted by molar-refractivity contribution is 5.20. The van der Waals surface area contributed by atoms with E-state index < -0.39 is 12.5 Å². The van der Waals surface area contributed by atoms with E-state index in [1.165, 1.54) is 11.0 Å². The van der Waals surface area contributed by atoms with Crippen molar-refractivity contribution in [2.24, 2.45) is 5.73 Å². The van der Waals surface area contributed by atoms with Crippen molar-refractivity contribution in [1.29, 1.82) is 0 Å². The molecule has 0 fully saturated rings. The van der Waals surface area contributed by atoms with Crippen molar-refractivity contribution < 1.29 is 13.2 Å². The third kappa shape index (κ3) is 4.75. The van der Waals surface area contributed by atoms with Gasteiger partial charge >= 0.3 is 0 Å². The summed E-state index contributed by atoms with van der Waals surface area (Å²) < 4.78 is 37.5. The van der Waals surface area contributed by atoms with Crippen molar-refractivity contribution in [1.82, 2.24) is 4.90 Å². The Balaban J connectivity index is 2.45. The highest BCUT2D eigenvalue weighted by Crippen LogP contribution is 2.17. The first-order valence-corrected chi connectivity index (χ1v) is 5.47. The lowest BCUT2D eigenvalue weighted by molar-refractivity contribution is 0.0990. The lowest BCUT2D eigenvalue weighted by Gasteiger charge is -2.19. The Hall–Kier alpha value is -1.07. The van der Waals surface area contributed by atoms with Crippen molar-refractivity contribution in [2.45, 2.75) is 18.9 Å². The summed E-state index contributed by atoms with van der Waals surface area (Å²) in [5.74, 6) is -0.350. The van der Waals surface area contributed by atoms with E-state index >= 15 is 0 Å². The first kappa shape index (κ1) is 14.0. The molecule has 0 heterocycles. The summed E-state index contributed by atoms with van der Waals surface area (Å²) in [5, 5.41) is 0. The molecule has 0 radical (unpaired) electrons. The molecule has 0 aliphatic heterocycles. The molecule has 2 N–H and O–H groups in total. The van der Waals surface area contributed by atoms with Gasteiger partial charge in [-0.1, -0.05) is 18.2 Å². The van der Waals surface area contributed by atoms with E-state index in [2.05, 4.69) is 0 Å². The summed E-state index contributed by atoms with van der Waals surface area (Å²) in [4.78, 5) is 1.49. The minimum absolute atomic E-state index is 0.288. The van der Waals surface area contributed by atoms with E-state index in [0.717, 1.165) is 0 Å². The van der Waals surface area contributed by atoms with Gasteiger partial charge in [-0.2, -0.15) is 0 Å². The van der Waals surface area contributed by atoms with E-state index in [-0.39, 0.29) is 12.4 Å². The number of hydrogen-bond acceptors (Lipinski definition) is 2. The van der Waals surface area contributed by atoms with E-state index in [0.29, 0.717) is 18.5 Å². The van der Waals surface area contributed by atoms with Gasteiger partial charge in [0.15, 0.2) is 0 Å². The molecule has 0 aliphatic rings. The van der Waals surface area contributed by atoms with Gasteiger partial charge in [0.1, 0.15) is 5.82 Å². The Bertz CT molecular complexity index is 344. The van der Waals surface area contributed by atoms with Crippen molar-refractivity contribution >= 4 is 0 Å². The van der Waals surface area contributed by atoms with E-state index in [1.807, 2.05) is 0 Å². The van der Waals surface area contributed by atoms with E-state index in [1.54, 1.807) is 25.2 Å². The second-order valence-electron chi connectivity index (χ2n) is 4.07. The minimum atomic E-state index is -2.36. The van der Waals surface area contributed by atoms with Crippen molar-refractivity contribution in [3.05, 3.63) is 35.6 Å². The van der Waals surface area contributed by atoms with Crippen molar-refractivity contribution in [3.63, 3.8) is 0 Å². The number of benzene rings is 1. The molecular formula is C12H17F3N2. The predicted molar refractivity (Wildman–Crippen MR) is 61.4 cm³/mol. The summed E-state index contributed by atoms with van der Waals surface area (Å²) in [5.41, 5.74) is 6.25. The monoisotopic (exact) mass is 246 g/mol. The number of halogens is 3. The molecule has 17 heavy (non-hydrogen) atoms. The maximum Gasteiger partial charge on any atom is 0.251 e. The highest BCUT2D eigenvalue weighted by atomic mass is 19.3. The zero-order chi connectivity index (χ0) is 12.8. The molecule has 1 atom stereocenters. The Labute approximate surface area is 99.2 Å². The number of alkyl halides is 2. The largest absolute Gasteiger partial charge is 0.324 e. The van der Waals surface area contributed by atoms with E-state index in [9.17, 15) is 13.2 Å². The molecule has 1 aromatic carbocycles. The fourth-order valence-electron chi connectivity index (χ4n) is 1.62. The van der Waals surface area contributed by atoms with Gasteiger partial charge < -0.3 is 10.6 Å². The van der Waals surface area contributed by atoms with Gasteiger partial charge in [-0.15, -0.1) is 0 Å². The number of nitrogens with two attached hydrogens (primary N) is 1. The normalized spacial score (nSPS) is 13.4. The summed E-state index contributed by atoms with van der Waals surface area (Å²) in [6.45, 7) is 0.129. The summed E-state index contributed by atoms with van der Waals surface area (Å²) >= 11 is 0. The number of hydrogen-bond donors (Lipinski definition) is 1. The Morgan fingerprint density at radius 1 is 1.29 bits per heavy atom.